The summed E-state index contributed by atoms with van der Waals surface area (Å²) in [5.41, 5.74) is 1.57. The molecular weight excluding hydrogens is 355 g/mol. The van der Waals surface area contributed by atoms with E-state index < -0.39 is 0 Å². The average Bonchev–Trinajstić information content (AvgIpc) is 3.25. The molecule has 3 rings (SSSR count). The number of hydrogen-bond acceptors (Lipinski definition) is 6. The summed E-state index contributed by atoms with van der Waals surface area (Å²) >= 11 is 1.57. The van der Waals surface area contributed by atoms with Crippen LogP contribution in [0.2, 0.25) is 0 Å². The number of aryl methyl sites for hydroxylation is 2. The maximum atomic E-state index is 12.9. The van der Waals surface area contributed by atoms with Crippen LogP contribution in [0.4, 0.5) is 4.39 Å². The Labute approximate surface area is 154 Å². The summed E-state index contributed by atoms with van der Waals surface area (Å²) in [7, 11) is 0. The van der Waals surface area contributed by atoms with Crippen molar-refractivity contribution in [2.45, 2.75) is 39.3 Å². The van der Waals surface area contributed by atoms with Crippen molar-refractivity contribution >= 4 is 17.2 Å². The van der Waals surface area contributed by atoms with Crippen molar-refractivity contribution < 1.29 is 9.18 Å². The number of halogens is 1. The Kier molecular flexibility index (Phi) is 5.67. The van der Waals surface area contributed by atoms with Crippen LogP contribution in [0.15, 0.2) is 29.6 Å². The molecule has 2 aromatic heterocycles. The van der Waals surface area contributed by atoms with E-state index >= 15 is 0 Å². The van der Waals surface area contributed by atoms with Gasteiger partial charge >= 0.3 is 0 Å². The Morgan fingerprint density at radius 2 is 2.12 bits per heavy atom. The standard InChI is InChI=1S/C17H19FN6OS/c1-11(15-10-26-12(2)20-15)19-16(25)4-3-9-24-22-17(21-23-24)13-5-7-14(18)8-6-13/h5-8,10-11H,3-4,9H2,1-2H3,(H,19,25)/t11-/m0/s1. The van der Waals surface area contributed by atoms with Gasteiger partial charge in [0.15, 0.2) is 0 Å². The highest BCUT2D eigenvalue weighted by Gasteiger charge is 2.12. The van der Waals surface area contributed by atoms with Gasteiger partial charge in [-0.2, -0.15) is 4.80 Å². The first kappa shape index (κ1) is 18.1. The summed E-state index contributed by atoms with van der Waals surface area (Å²) < 4.78 is 12.9. The van der Waals surface area contributed by atoms with E-state index in [2.05, 4.69) is 25.7 Å². The third-order valence-corrected chi connectivity index (χ3v) is 4.57. The number of benzene rings is 1. The zero-order chi connectivity index (χ0) is 18.5. The van der Waals surface area contributed by atoms with Gasteiger partial charge in [-0.25, -0.2) is 9.37 Å². The number of carbonyl (C=O) groups excluding carboxylic acids is 1. The summed E-state index contributed by atoms with van der Waals surface area (Å²) in [6.07, 6.45) is 0.953. The lowest BCUT2D eigenvalue weighted by Crippen LogP contribution is -2.26. The van der Waals surface area contributed by atoms with Gasteiger partial charge in [-0.15, -0.1) is 21.5 Å². The maximum Gasteiger partial charge on any atom is 0.220 e. The number of thiazole rings is 1. The van der Waals surface area contributed by atoms with Crippen LogP contribution < -0.4 is 5.32 Å². The Balaban J connectivity index is 1.46. The van der Waals surface area contributed by atoms with E-state index in [0.717, 1.165) is 10.7 Å². The number of aromatic nitrogens is 5. The van der Waals surface area contributed by atoms with E-state index in [1.807, 2.05) is 19.2 Å². The molecular formula is C17H19FN6OS. The fourth-order valence-electron chi connectivity index (χ4n) is 2.40. The molecule has 0 spiro atoms. The molecule has 7 nitrogen and oxygen atoms in total. The van der Waals surface area contributed by atoms with E-state index in [4.69, 9.17) is 0 Å². The van der Waals surface area contributed by atoms with E-state index in [1.54, 1.807) is 23.5 Å². The molecule has 0 aliphatic carbocycles. The Morgan fingerprint density at radius 3 is 2.81 bits per heavy atom. The molecule has 0 saturated heterocycles. The number of carbonyl (C=O) groups is 1. The molecule has 0 aliphatic heterocycles. The molecule has 9 heteroatoms. The highest BCUT2D eigenvalue weighted by atomic mass is 32.1. The van der Waals surface area contributed by atoms with Crippen LogP contribution in [0.25, 0.3) is 11.4 Å². The van der Waals surface area contributed by atoms with Crippen LogP contribution in [-0.2, 0) is 11.3 Å². The summed E-state index contributed by atoms with van der Waals surface area (Å²) in [6.45, 7) is 4.33. The second kappa shape index (κ2) is 8.13. The number of rotatable bonds is 7. The highest BCUT2D eigenvalue weighted by molar-refractivity contribution is 7.09. The summed E-state index contributed by atoms with van der Waals surface area (Å²) in [4.78, 5) is 17.9. The number of hydrogen-bond donors (Lipinski definition) is 1. The van der Waals surface area contributed by atoms with Crippen LogP contribution in [0.1, 0.15) is 36.5 Å². The molecule has 1 atom stereocenters. The maximum absolute atomic E-state index is 12.9. The second-order valence-electron chi connectivity index (χ2n) is 5.90. The van der Waals surface area contributed by atoms with Gasteiger partial charge in [0.05, 0.1) is 23.3 Å². The molecule has 0 fully saturated rings. The molecule has 1 amide bonds. The van der Waals surface area contributed by atoms with Crippen molar-refractivity contribution in [2.75, 3.05) is 0 Å². The van der Waals surface area contributed by atoms with Gasteiger partial charge in [0.2, 0.25) is 11.7 Å². The first-order chi connectivity index (χ1) is 12.5. The lowest BCUT2D eigenvalue weighted by Gasteiger charge is -2.11. The summed E-state index contributed by atoms with van der Waals surface area (Å²) in [6, 6.07) is 5.80. The first-order valence-electron chi connectivity index (χ1n) is 8.26. The predicted octanol–water partition coefficient (Wildman–Crippen LogP) is 2.90. The van der Waals surface area contributed by atoms with Crippen LogP contribution in [0, 0.1) is 12.7 Å². The molecule has 0 bridgehead atoms. The molecule has 3 aromatic rings. The van der Waals surface area contributed by atoms with Gasteiger partial charge < -0.3 is 5.32 Å². The van der Waals surface area contributed by atoms with Gasteiger partial charge in [-0.05, 0) is 49.7 Å². The molecule has 26 heavy (non-hydrogen) atoms. The largest absolute Gasteiger partial charge is 0.348 e. The second-order valence-corrected chi connectivity index (χ2v) is 6.96. The first-order valence-corrected chi connectivity index (χ1v) is 9.14. The van der Waals surface area contributed by atoms with Crippen LogP contribution >= 0.6 is 11.3 Å². The fourth-order valence-corrected chi connectivity index (χ4v) is 3.11. The molecule has 136 valence electrons. The van der Waals surface area contributed by atoms with Crippen molar-refractivity contribution in [1.29, 1.82) is 0 Å². The number of nitrogens with one attached hydrogen (secondary N) is 1. The smallest absolute Gasteiger partial charge is 0.220 e. The quantitative estimate of drug-likeness (QED) is 0.687. The third-order valence-electron chi connectivity index (χ3n) is 3.78. The van der Waals surface area contributed by atoms with Gasteiger partial charge in [0, 0.05) is 17.4 Å². The van der Waals surface area contributed by atoms with Crippen molar-refractivity contribution in [3.63, 3.8) is 0 Å². The summed E-state index contributed by atoms with van der Waals surface area (Å²) in [5, 5.41) is 18.0. The topological polar surface area (TPSA) is 85.6 Å². The predicted molar refractivity (Wildman–Crippen MR) is 95.9 cm³/mol. The third kappa shape index (κ3) is 4.69. The number of tetrazole rings is 1. The number of amides is 1. The fraction of sp³-hybridized carbons (Fsp3) is 0.353. The Morgan fingerprint density at radius 1 is 1.35 bits per heavy atom. The van der Waals surface area contributed by atoms with E-state index in [9.17, 15) is 9.18 Å². The van der Waals surface area contributed by atoms with Gasteiger partial charge in [-0.1, -0.05) is 0 Å². The minimum absolute atomic E-state index is 0.0398. The monoisotopic (exact) mass is 374 g/mol. The van der Waals surface area contributed by atoms with Crippen molar-refractivity contribution in [3.8, 4) is 11.4 Å². The Bertz CT molecular complexity index is 876. The minimum Gasteiger partial charge on any atom is -0.348 e. The SMILES string of the molecule is Cc1nc([C@H](C)NC(=O)CCCn2nnc(-c3ccc(F)cc3)n2)cs1. The lowest BCUT2D eigenvalue weighted by atomic mass is 10.2. The molecule has 0 radical (unpaired) electrons. The highest BCUT2D eigenvalue weighted by Crippen LogP contribution is 2.16. The van der Waals surface area contributed by atoms with E-state index in [0.29, 0.717) is 30.8 Å². The van der Waals surface area contributed by atoms with Crippen molar-refractivity contribution in [1.82, 2.24) is 30.5 Å². The summed E-state index contributed by atoms with van der Waals surface area (Å²) in [5.74, 6) is 0.0817. The molecule has 0 unspecified atom stereocenters. The lowest BCUT2D eigenvalue weighted by molar-refractivity contribution is -0.121. The number of nitrogens with zero attached hydrogens (tertiary/aromatic N) is 5. The molecule has 2 heterocycles. The van der Waals surface area contributed by atoms with Gasteiger partial charge in [-0.3, -0.25) is 4.79 Å². The van der Waals surface area contributed by atoms with E-state index in [-0.39, 0.29) is 17.8 Å². The molecule has 0 aliphatic rings. The van der Waals surface area contributed by atoms with Crippen molar-refractivity contribution in [3.05, 3.63) is 46.2 Å². The van der Waals surface area contributed by atoms with Crippen molar-refractivity contribution in [2.24, 2.45) is 0 Å². The Hall–Kier alpha value is -2.68. The van der Waals surface area contributed by atoms with Crippen LogP contribution in [-0.4, -0.2) is 31.1 Å². The van der Waals surface area contributed by atoms with E-state index in [1.165, 1.54) is 16.9 Å². The average molecular weight is 374 g/mol. The zero-order valence-electron chi connectivity index (χ0n) is 14.5. The molecule has 0 saturated carbocycles. The zero-order valence-corrected chi connectivity index (χ0v) is 15.3. The van der Waals surface area contributed by atoms with Crippen LogP contribution in [0.5, 0.6) is 0 Å². The molecule has 1 N–H and O–H groups in total. The van der Waals surface area contributed by atoms with Gasteiger partial charge in [0.25, 0.3) is 0 Å². The normalized spacial score (nSPS) is 12.1. The van der Waals surface area contributed by atoms with Crippen LogP contribution in [0.3, 0.4) is 0 Å². The molecule has 1 aromatic carbocycles. The minimum atomic E-state index is -0.311. The van der Waals surface area contributed by atoms with Gasteiger partial charge in [0.1, 0.15) is 5.82 Å².